The first kappa shape index (κ1) is 14.9. The summed E-state index contributed by atoms with van der Waals surface area (Å²) < 4.78 is 0. The third kappa shape index (κ3) is 8.88. The van der Waals surface area contributed by atoms with Gasteiger partial charge in [0, 0.05) is 6.04 Å². The molecular formula is C13H30N2. The Labute approximate surface area is 96.4 Å². The van der Waals surface area contributed by atoms with Crippen molar-refractivity contribution in [2.45, 2.75) is 58.4 Å². The van der Waals surface area contributed by atoms with Gasteiger partial charge in [0.25, 0.3) is 0 Å². The summed E-state index contributed by atoms with van der Waals surface area (Å²) >= 11 is 0. The monoisotopic (exact) mass is 214 g/mol. The minimum absolute atomic E-state index is 0.717. The van der Waals surface area contributed by atoms with E-state index in [1.807, 2.05) is 0 Å². The molecule has 0 aromatic rings. The van der Waals surface area contributed by atoms with Gasteiger partial charge in [-0.2, -0.15) is 0 Å². The fourth-order valence-electron chi connectivity index (χ4n) is 1.90. The van der Waals surface area contributed by atoms with Crippen LogP contribution in [-0.4, -0.2) is 38.1 Å². The molecule has 0 aromatic carbocycles. The second-order valence-corrected chi connectivity index (χ2v) is 4.55. The van der Waals surface area contributed by atoms with E-state index in [1.54, 1.807) is 0 Å². The zero-order valence-corrected chi connectivity index (χ0v) is 11.2. The number of unbranched alkanes of at least 4 members (excludes halogenated alkanes) is 2. The summed E-state index contributed by atoms with van der Waals surface area (Å²) in [6.45, 7) is 7.04. The highest BCUT2D eigenvalue weighted by Gasteiger charge is 2.03. The van der Waals surface area contributed by atoms with Crippen molar-refractivity contribution in [2.24, 2.45) is 0 Å². The van der Waals surface area contributed by atoms with E-state index in [1.165, 1.54) is 51.6 Å². The molecule has 0 saturated heterocycles. The van der Waals surface area contributed by atoms with E-state index in [2.05, 4.69) is 38.2 Å². The van der Waals surface area contributed by atoms with Crippen molar-refractivity contribution in [3.8, 4) is 0 Å². The van der Waals surface area contributed by atoms with Gasteiger partial charge in [-0.05, 0) is 52.9 Å². The molecule has 0 aliphatic rings. The highest BCUT2D eigenvalue weighted by molar-refractivity contribution is 4.63. The van der Waals surface area contributed by atoms with E-state index in [0.717, 1.165) is 0 Å². The van der Waals surface area contributed by atoms with Crippen LogP contribution < -0.4 is 5.32 Å². The van der Waals surface area contributed by atoms with Crippen molar-refractivity contribution in [2.75, 3.05) is 27.2 Å². The van der Waals surface area contributed by atoms with Crippen LogP contribution in [0.3, 0.4) is 0 Å². The molecule has 0 fully saturated rings. The van der Waals surface area contributed by atoms with Crippen molar-refractivity contribution < 1.29 is 0 Å². The molecule has 0 heterocycles. The molecule has 2 heteroatoms. The second kappa shape index (κ2) is 10.4. The Balaban J connectivity index is 3.33. The Morgan fingerprint density at radius 1 is 1.07 bits per heavy atom. The van der Waals surface area contributed by atoms with E-state index in [4.69, 9.17) is 0 Å². The lowest BCUT2D eigenvalue weighted by Crippen LogP contribution is -2.27. The maximum atomic E-state index is 3.36. The molecule has 0 aliphatic heterocycles. The van der Waals surface area contributed by atoms with Gasteiger partial charge in [-0.25, -0.2) is 0 Å². The first-order valence-electron chi connectivity index (χ1n) is 6.60. The Hall–Kier alpha value is -0.0800. The van der Waals surface area contributed by atoms with Crippen LogP contribution in [-0.2, 0) is 0 Å². The highest BCUT2D eigenvalue weighted by Crippen LogP contribution is 2.03. The van der Waals surface area contributed by atoms with Crippen LogP contribution in [0.5, 0.6) is 0 Å². The predicted octanol–water partition coefficient (Wildman–Crippen LogP) is 2.89. The zero-order chi connectivity index (χ0) is 11.5. The summed E-state index contributed by atoms with van der Waals surface area (Å²) in [5.74, 6) is 0. The van der Waals surface area contributed by atoms with Crippen LogP contribution in [0.1, 0.15) is 52.4 Å². The first-order valence-corrected chi connectivity index (χ1v) is 6.60. The largest absolute Gasteiger partial charge is 0.317 e. The molecule has 0 rings (SSSR count). The lowest BCUT2D eigenvalue weighted by molar-refractivity contribution is 0.309. The zero-order valence-electron chi connectivity index (χ0n) is 11.2. The molecule has 1 unspecified atom stereocenters. The van der Waals surface area contributed by atoms with E-state index < -0.39 is 0 Å². The average Bonchev–Trinajstić information content (AvgIpc) is 2.25. The normalized spacial score (nSPS) is 13.4. The highest BCUT2D eigenvalue weighted by atomic mass is 15.1. The van der Waals surface area contributed by atoms with Gasteiger partial charge < -0.3 is 10.2 Å². The Morgan fingerprint density at radius 3 is 2.27 bits per heavy atom. The average molecular weight is 214 g/mol. The first-order chi connectivity index (χ1) is 7.24. The molecule has 1 atom stereocenters. The van der Waals surface area contributed by atoms with Crippen molar-refractivity contribution >= 4 is 0 Å². The molecule has 0 bridgehead atoms. The fraction of sp³-hybridized carbons (Fsp3) is 1.00. The second-order valence-electron chi connectivity index (χ2n) is 4.55. The standard InChI is InChI=1S/C13H30N2/c1-5-7-8-11-15(4)12-9-10-13(6-2)14-3/h13-14H,5-12H2,1-4H3. The lowest BCUT2D eigenvalue weighted by Gasteiger charge is -2.18. The number of hydrogen-bond acceptors (Lipinski definition) is 2. The lowest BCUT2D eigenvalue weighted by atomic mass is 10.1. The summed E-state index contributed by atoms with van der Waals surface area (Å²) in [5, 5.41) is 3.36. The van der Waals surface area contributed by atoms with E-state index in [0.29, 0.717) is 6.04 Å². The van der Waals surface area contributed by atoms with Gasteiger partial charge in [0.1, 0.15) is 0 Å². The molecule has 0 saturated carbocycles. The summed E-state index contributed by atoms with van der Waals surface area (Å²) in [4.78, 5) is 2.47. The number of rotatable bonds is 10. The smallest absolute Gasteiger partial charge is 0.00619 e. The van der Waals surface area contributed by atoms with Crippen LogP contribution in [0.4, 0.5) is 0 Å². The van der Waals surface area contributed by atoms with Gasteiger partial charge in [-0.1, -0.05) is 26.7 Å². The van der Waals surface area contributed by atoms with E-state index in [9.17, 15) is 0 Å². The molecule has 0 amide bonds. The third-order valence-corrected chi connectivity index (χ3v) is 3.14. The van der Waals surface area contributed by atoms with Crippen molar-refractivity contribution in [1.82, 2.24) is 10.2 Å². The minimum Gasteiger partial charge on any atom is -0.317 e. The molecule has 0 spiro atoms. The Bertz CT molecular complexity index is 122. The molecular weight excluding hydrogens is 184 g/mol. The number of nitrogens with zero attached hydrogens (tertiary/aromatic N) is 1. The van der Waals surface area contributed by atoms with Crippen LogP contribution >= 0.6 is 0 Å². The van der Waals surface area contributed by atoms with Crippen molar-refractivity contribution in [1.29, 1.82) is 0 Å². The molecule has 15 heavy (non-hydrogen) atoms. The Morgan fingerprint density at radius 2 is 1.73 bits per heavy atom. The van der Waals surface area contributed by atoms with Crippen LogP contribution in [0, 0.1) is 0 Å². The summed E-state index contributed by atoms with van der Waals surface area (Å²) in [6.07, 6.45) is 7.93. The third-order valence-electron chi connectivity index (χ3n) is 3.14. The minimum atomic E-state index is 0.717. The SMILES string of the molecule is CCCCCN(C)CCCC(CC)NC. The van der Waals surface area contributed by atoms with Gasteiger partial charge >= 0.3 is 0 Å². The molecule has 1 N–H and O–H groups in total. The van der Waals surface area contributed by atoms with Crippen LogP contribution in [0.15, 0.2) is 0 Å². The molecule has 0 aromatic heterocycles. The van der Waals surface area contributed by atoms with Gasteiger partial charge in [-0.15, -0.1) is 0 Å². The van der Waals surface area contributed by atoms with Crippen LogP contribution in [0.25, 0.3) is 0 Å². The molecule has 0 aliphatic carbocycles. The maximum absolute atomic E-state index is 3.36. The van der Waals surface area contributed by atoms with Crippen molar-refractivity contribution in [3.63, 3.8) is 0 Å². The number of hydrogen-bond donors (Lipinski definition) is 1. The van der Waals surface area contributed by atoms with Crippen molar-refractivity contribution in [3.05, 3.63) is 0 Å². The predicted molar refractivity (Wildman–Crippen MR) is 69.4 cm³/mol. The van der Waals surface area contributed by atoms with Gasteiger partial charge in [0.15, 0.2) is 0 Å². The summed E-state index contributed by atoms with van der Waals surface area (Å²) in [7, 11) is 4.31. The van der Waals surface area contributed by atoms with Crippen LogP contribution in [0.2, 0.25) is 0 Å². The quantitative estimate of drug-likeness (QED) is 0.563. The van der Waals surface area contributed by atoms with E-state index in [-0.39, 0.29) is 0 Å². The van der Waals surface area contributed by atoms with E-state index >= 15 is 0 Å². The molecule has 92 valence electrons. The topological polar surface area (TPSA) is 15.3 Å². The van der Waals surface area contributed by atoms with Gasteiger partial charge in [0.2, 0.25) is 0 Å². The molecule has 0 radical (unpaired) electrons. The summed E-state index contributed by atoms with van der Waals surface area (Å²) in [5.41, 5.74) is 0. The number of nitrogens with one attached hydrogen (secondary N) is 1. The van der Waals surface area contributed by atoms with Gasteiger partial charge in [0.05, 0.1) is 0 Å². The Kier molecular flexibility index (Phi) is 10.4. The fourth-order valence-corrected chi connectivity index (χ4v) is 1.90. The maximum Gasteiger partial charge on any atom is 0.00619 e. The van der Waals surface area contributed by atoms with Gasteiger partial charge in [-0.3, -0.25) is 0 Å². The summed E-state index contributed by atoms with van der Waals surface area (Å²) in [6, 6.07) is 0.717. The molecule has 2 nitrogen and oxygen atoms in total.